The number of thiazole rings is 1. The highest BCUT2D eigenvalue weighted by atomic mass is 32.1. The van der Waals surface area contributed by atoms with Crippen molar-refractivity contribution in [3.05, 3.63) is 23.5 Å². The lowest BCUT2D eigenvalue weighted by Crippen LogP contribution is -2.15. The normalized spacial score (nSPS) is 13.1. The fourth-order valence-corrected chi connectivity index (χ4v) is 2.45. The van der Waals surface area contributed by atoms with Gasteiger partial charge < -0.3 is 5.11 Å². The molecule has 1 unspecified atom stereocenters. The molecule has 0 saturated carbocycles. The predicted octanol–water partition coefficient (Wildman–Crippen LogP) is 1.53. The van der Waals surface area contributed by atoms with Crippen LogP contribution in [0.3, 0.4) is 0 Å². The molecular weight excluding hydrogens is 224 g/mol. The van der Waals surface area contributed by atoms with Gasteiger partial charge in [0.2, 0.25) is 0 Å². The molecule has 2 aromatic heterocycles. The van der Waals surface area contributed by atoms with Gasteiger partial charge in [0, 0.05) is 36.7 Å². The lowest BCUT2D eigenvalue weighted by Gasteiger charge is -2.09. The Morgan fingerprint density at radius 3 is 3.12 bits per heavy atom. The lowest BCUT2D eigenvalue weighted by atomic mass is 9.96. The molecule has 0 spiro atoms. The number of aliphatic hydroxyl groups is 1. The van der Waals surface area contributed by atoms with Crippen molar-refractivity contribution in [1.29, 1.82) is 0 Å². The number of nitrogens with zero attached hydrogens (tertiary/aromatic N) is 2. The standard InChI is InChI=1S/C11H14N2O2S/c1-8(15)9(2-4-14)6-10-7-13-3-5-16-11(13)12-10/h3,5,7,9,14H,2,4,6H2,1H3. The second-order valence-electron chi connectivity index (χ2n) is 3.85. The third-order valence-corrected chi connectivity index (χ3v) is 3.42. The van der Waals surface area contributed by atoms with E-state index < -0.39 is 0 Å². The third-order valence-electron chi connectivity index (χ3n) is 2.65. The summed E-state index contributed by atoms with van der Waals surface area (Å²) in [5.74, 6) is 0.00000992. The SMILES string of the molecule is CC(=O)C(CCO)Cc1cn2ccsc2n1. The van der Waals surface area contributed by atoms with Crippen LogP contribution in [0.5, 0.6) is 0 Å². The molecule has 86 valence electrons. The molecule has 1 atom stereocenters. The maximum atomic E-state index is 11.3. The van der Waals surface area contributed by atoms with Crippen molar-refractivity contribution in [1.82, 2.24) is 9.38 Å². The minimum absolute atomic E-state index is 0.0481. The van der Waals surface area contributed by atoms with Gasteiger partial charge in [0.1, 0.15) is 5.78 Å². The van der Waals surface area contributed by atoms with Crippen molar-refractivity contribution in [3.63, 3.8) is 0 Å². The van der Waals surface area contributed by atoms with Gasteiger partial charge in [-0.1, -0.05) is 0 Å². The van der Waals surface area contributed by atoms with Crippen LogP contribution in [0.4, 0.5) is 0 Å². The molecule has 0 aliphatic carbocycles. The van der Waals surface area contributed by atoms with Crippen molar-refractivity contribution in [3.8, 4) is 0 Å². The van der Waals surface area contributed by atoms with Gasteiger partial charge in [-0.2, -0.15) is 0 Å². The molecule has 4 nitrogen and oxygen atoms in total. The summed E-state index contributed by atoms with van der Waals surface area (Å²) in [6, 6.07) is 0. The van der Waals surface area contributed by atoms with Gasteiger partial charge in [0.05, 0.1) is 5.69 Å². The van der Waals surface area contributed by atoms with E-state index in [0.29, 0.717) is 12.8 Å². The third kappa shape index (κ3) is 2.31. The first-order valence-electron chi connectivity index (χ1n) is 5.23. The second kappa shape index (κ2) is 4.76. The monoisotopic (exact) mass is 238 g/mol. The summed E-state index contributed by atoms with van der Waals surface area (Å²) < 4.78 is 1.95. The first kappa shape index (κ1) is 11.3. The summed E-state index contributed by atoms with van der Waals surface area (Å²) in [5.41, 5.74) is 0.917. The van der Waals surface area contributed by atoms with Crippen LogP contribution in [0, 0.1) is 5.92 Å². The first-order valence-corrected chi connectivity index (χ1v) is 6.11. The summed E-state index contributed by atoms with van der Waals surface area (Å²) >= 11 is 1.57. The predicted molar refractivity (Wildman–Crippen MR) is 62.6 cm³/mol. The fourth-order valence-electron chi connectivity index (χ4n) is 1.73. The number of hydrogen-bond donors (Lipinski definition) is 1. The molecule has 5 heteroatoms. The Bertz CT molecular complexity index is 460. The van der Waals surface area contributed by atoms with E-state index in [1.807, 2.05) is 22.2 Å². The Balaban J connectivity index is 2.13. The molecule has 16 heavy (non-hydrogen) atoms. The van der Waals surface area contributed by atoms with Crippen molar-refractivity contribution in [2.24, 2.45) is 5.92 Å². The molecule has 0 aliphatic heterocycles. The fraction of sp³-hybridized carbons (Fsp3) is 0.455. The minimum Gasteiger partial charge on any atom is -0.396 e. The number of hydrogen-bond acceptors (Lipinski definition) is 4. The van der Waals surface area contributed by atoms with Gasteiger partial charge in [0.15, 0.2) is 4.96 Å². The Hall–Kier alpha value is -1.20. The number of rotatable bonds is 5. The zero-order valence-electron chi connectivity index (χ0n) is 9.09. The number of aromatic nitrogens is 2. The molecule has 0 aliphatic rings. The lowest BCUT2D eigenvalue weighted by molar-refractivity contribution is -0.121. The van der Waals surface area contributed by atoms with Crippen LogP contribution in [0.1, 0.15) is 19.0 Å². The number of carbonyl (C=O) groups excluding carboxylic acids is 1. The van der Waals surface area contributed by atoms with E-state index in [0.717, 1.165) is 10.7 Å². The quantitative estimate of drug-likeness (QED) is 0.859. The summed E-state index contributed by atoms with van der Waals surface area (Å²) in [4.78, 5) is 16.7. The molecule has 0 amide bonds. The van der Waals surface area contributed by atoms with Gasteiger partial charge in [-0.25, -0.2) is 4.98 Å². The summed E-state index contributed by atoms with van der Waals surface area (Å²) in [5, 5.41) is 10.9. The Kier molecular flexibility index (Phi) is 3.36. The Morgan fingerprint density at radius 1 is 1.69 bits per heavy atom. The van der Waals surface area contributed by atoms with Gasteiger partial charge in [-0.15, -0.1) is 11.3 Å². The molecular formula is C11H14N2O2S. The van der Waals surface area contributed by atoms with Crippen molar-refractivity contribution < 1.29 is 9.90 Å². The second-order valence-corrected chi connectivity index (χ2v) is 4.72. The van der Waals surface area contributed by atoms with Gasteiger partial charge in [-0.05, 0) is 13.3 Å². The van der Waals surface area contributed by atoms with Crippen LogP contribution in [0.15, 0.2) is 17.8 Å². The molecule has 2 rings (SSSR count). The van der Waals surface area contributed by atoms with Gasteiger partial charge in [-0.3, -0.25) is 9.20 Å². The maximum Gasteiger partial charge on any atom is 0.193 e. The largest absolute Gasteiger partial charge is 0.396 e. The first-order chi connectivity index (χ1) is 7.70. The number of ketones is 1. The highest BCUT2D eigenvalue weighted by molar-refractivity contribution is 7.15. The van der Waals surface area contributed by atoms with Crippen molar-refractivity contribution in [2.75, 3.05) is 6.61 Å². The van der Waals surface area contributed by atoms with Crippen molar-refractivity contribution in [2.45, 2.75) is 19.8 Å². The molecule has 1 N–H and O–H groups in total. The highest BCUT2D eigenvalue weighted by Gasteiger charge is 2.16. The molecule has 2 heterocycles. The topological polar surface area (TPSA) is 54.6 Å². The van der Waals surface area contributed by atoms with Crippen LogP contribution < -0.4 is 0 Å². The zero-order chi connectivity index (χ0) is 11.5. The minimum atomic E-state index is -0.116. The zero-order valence-corrected chi connectivity index (χ0v) is 9.91. The van der Waals surface area contributed by atoms with Crippen LogP contribution in [-0.2, 0) is 11.2 Å². The molecule has 0 radical (unpaired) electrons. The van der Waals surface area contributed by atoms with Gasteiger partial charge in [0.25, 0.3) is 0 Å². The summed E-state index contributed by atoms with van der Waals surface area (Å²) in [7, 11) is 0. The number of fused-ring (bicyclic) bond motifs is 1. The number of imidazole rings is 1. The van der Waals surface area contributed by atoms with E-state index >= 15 is 0 Å². The van der Waals surface area contributed by atoms with Gasteiger partial charge >= 0.3 is 0 Å². The van der Waals surface area contributed by atoms with E-state index in [1.54, 1.807) is 18.3 Å². The Labute approximate surface area is 97.6 Å². The number of aliphatic hydroxyl groups excluding tert-OH is 1. The molecule has 0 saturated heterocycles. The smallest absolute Gasteiger partial charge is 0.193 e. The van der Waals surface area contributed by atoms with E-state index in [9.17, 15) is 4.79 Å². The van der Waals surface area contributed by atoms with Crippen LogP contribution >= 0.6 is 11.3 Å². The van der Waals surface area contributed by atoms with Crippen LogP contribution in [0.2, 0.25) is 0 Å². The summed E-state index contributed by atoms with van der Waals surface area (Å²) in [6.07, 6.45) is 5.02. The van der Waals surface area contributed by atoms with E-state index in [4.69, 9.17) is 5.11 Å². The van der Waals surface area contributed by atoms with E-state index in [1.165, 1.54) is 0 Å². The molecule has 2 aromatic rings. The maximum absolute atomic E-state index is 11.3. The molecule has 0 fully saturated rings. The number of carbonyl (C=O) groups is 1. The van der Waals surface area contributed by atoms with E-state index in [2.05, 4.69) is 4.98 Å². The molecule has 0 aromatic carbocycles. The highest BCUT2D eigenvalue weighted by Crippen LogP contribution is 2.16. The molecule has 0 bridgehead atoms. The van der Waals surface area contributed by atoms with Crippen LogP contribution in [0.25, 0.3) is 4.96 Å². The summed E-state index contributed by atoms with van der Waals surface area (Å²) in [6.45, 7) is 1.62. The van der Waals surface area contributed by atoms with E-state index in [-0.39, 0.29) is 18.3 Å². The number of Topliss-reactive ketones (excluding diaryl/α,β-unsaturated/α-hetero) is 1. The van der Waals surface area contributed by atoms with Crippen LogP contribution in [-0.4, -0.2) is 26.9 Å². The average Bonchev–Trinajstić information content (AvgIpc) is 2.76. The Morgan fingerprint density at radius 2 is 2.50 bits per heavy atom. The van der Waals surface area contributed by atoms with Crippen molar-refractivity contribution >= 4 is 22.1 Å². The average molecular weight is 238 g/mol.